The van der Waals surface area contributed by atoms with Gasteiger partial charge < -0.3 is 0 Å². The molecule has 0 radical (unpaired) electrons. The van der Waals surface area contributed by atoms with E-state index in [2.05, 4.69) is 50.1 Å². The molecule has 0 aliphatic rings. The van der Waals surface area contributed by atoms with Crippen LogP contribution in [-0.4, -0.2) is 6.26 Å². The normalized spacial score (nSPS) is 13.0. The molecule has 0 fully saturated rings. The van der Waals surface area contributed by atoms with E-state index < -0.39 is 0 Å². The van der Waals surface area contributed by atoms with Crippen molar-refractivity contribution in [2.45, 2.75) is 11.5 Å². The molecule has 2 heteroatoms. The van der Waals surface area contributed by atoms with Crippen molar-refractivity contribution in [2.24, 2.45) is 0 Å². The standard InChI is InChI=1S/C9H12S2/c1-7-5-3-4-6-8(7)9(10)11-2/h3-6,9-10H,1-2H3. The first-order valence-corrected chi connectivity index (χ1v) is 5.32. The molecule has 0 heterocycles. The van der Waals surface area contributed by atoms with Crippen LogP contribution >= 0.6 is 24.4 Å². The van der Waals surface area contributed by atoms with Gasteiger partial charge in [0.2, 0.25) is 0 Å². The fraction of sp³-hybridized carbons (Fsp3) is 0.333. The Morgan fingerprint density at radius 2 is 2.00 bits per heavy atom. The van der Waals surface area contributed by atoms with Gasteiger partial charge in [-0.15, -0.1) is 11.8 Å². The third-order valence-corrected chi connectivity index (χ3v) is 3.29. The molecule has 1 unspecified atom stereocenters. The molecule has 1 atom stereocenters. The van der Waals surface area contributed by atoms with E-state index >= 15 is 0 Å². The van der Waals surface area contributed by atoms with Gasteiger partial charge >= 0.3 is 0 Å². The highest BCUT2D eigenvalue weighted by Gasteiger charge is 2.05. The number of aryl methyl sites for hydroxylation is 1. The summed E-state index contributed by atoms with van der Waals surface area (Å²) in [6.45, 7) is 2.12. The molecule has 0 saturated heterocycles. The predicted octanol–water partition coefficient (Wildman–Crippen LogP) is 3.29. The first-order valence-electron chi connectivity index (χ1n) is 3.52. The molecule has 1 aromatic carbocycles. The van der Waals surface area contributed by atoms with Crippen molar-refractivity contribution in [2.75, 3.05) is 6.26 Å². The van der Waals surface area contributed by atoms with E-state index in [1.807, 2.05) is 0 Å². The third kappa shape index (κ3) is 2.17. The molecule has 0 spiro atoms. The summed E-state index contributed by atoms with van der Waals surface area (Å²) in [5.41, 5.74) is 2.64. The summed E-state index contributed by atoms with van der Waals surface area (Å²) in [6, 6.07) is 8.36. The number of thiol groups is 1. The summed E-state index contributed by atoms with van der Waals surface area (Å²) in [6.07, 6.45) is 2.07. The highest BCUT2D eigenvalue weighted by atomic mass is 32.2. The smallest absolute Gasteiger partial charge is 0.0721 e. The number of thioether (sulfide) groups is 1. The van der Waals surface area contributed by atoms with Crippen LogP contribution in [0.2, 0.25) is 0 Å². The monoisotopic (exact) mass is 184 g/mol. The molecule has 0 nitrogen and oxygen atoms in total. The fourth-order valence-electron chi connectivity index (χ4n) is 0.991. The first kappa shape index (κ1) is 9.01. The number of benzene rings is 1. The van der Waals surface area contributed by atoms with Gasteiger partial charge in [-0.3, -0.25) is 0 Å². The maximum Gasteiger partial charge on any atom is 0.0721 e. The summed E-state index contributed by atoms with van der Waals surface area (Å²) in [5, 5.41) is 0. The Labute approximate surface area is 77.8 Å². The largest absolute Gasteiger partial charge is 0.160 e. The Bertz CT molecular complexity index is 233. The van der Waals surface area contributed by atoms with Crippen LogP contribution in [0, 0.1) is 6.92 Å². The molecule has 1 rings (SSSR count). The van der Waals surface area contributed by atoms with Crippen molar-refractivity contribution in [1.82, 2.24) is 0 Å². The van der Waals surface area contributed by atoms with Crippen LogP contribution in [0.5, 0.6) is 0 Å². The molecule has 0 amide bonds. The van der Waals surface area contributed by atoms with Crippen LogP contribution in [0.4, 0.5) is 0 Å². The van der Waals surface area contributed by atoms with Gasteiger partial charge in [0.1, 0.15) is 0 Å². The predicted molar refractivity (Wildman–Crippen MR) is 56.4 cm³/mol. The zero-order valence-electron chi connectivity index (χ0n) is 6.74. The van der Waals surface area contributed by atoms with Crippen molar-refractivity contribution in [1.29, 1.82) is 0 Å². The maximum atomic E-state index is 4.45. The molecule has 60 valence electrons. The highest BCUT2D eigenvalue weighted by molar-refractivity contribution is 8.09. The van der Waals surface area contributed by atoms with E-state index in [0.29, 0.717) is 4.58 Å². The van der Waals surface area contributed by atoms with Crippen LogP contribution in [-0.2, 0) is 0 Å². The van der Waals surface area contributed by atoms with Crippen molar-refractivity contribution in [3.05, 3.63) is 35.4 Å². The van der Waals surface area contributed by atoms with E-state index in [1.54, 1.807) is 11.8 Å². The number of hydrogen-bond acceptors (Lipinski definition) is 2. The minimum Gasteiger partial charge on any atom is -0.160 e. The Balaban J connectivity index is 2.93. The van der Waals surface area contributed by atoms with E-state index in [9.17, 15) is 0 Å². The van der Waals surface area contributed by atoms with Gasteiger partial charge in [0, 0.05) is 0 Å². The van der Waals surface area contributed by atoms with Crippen LogP contribution < -0.4 is 0 Å². The molecular weight excluding hydrogens is 172 g/mol. The lowest BCUT2D eigenvalue weighted by molar-refractivity contribution is 1.30. The van der Waals surface area contributed by atoms with Crippen LogP contribution in [0.1, 0.15) is 15.7 Å². The Kier molecular flexibility index (Phi) is 3.34. The third-order valence-electron chi connectivity index (χ3n) is 1.68. The van der Waals surface area contributed by atoms with Crippen LogP contribution in [0.15, 0.2) is 24.3 Å². The maximum absolute atomic E-state index is 4.45. The molecule has 0 aliphatic heterocycles. The quantitative estimate of drug-likeness (QED) is 0.543. The summed E-state index contributed by atoms with van der Waals surface area (Å²) in [4.78, 5) is 0. The second kappa shape index (κ2) is 4.07. The molecule has 1 aromatic rings. The Morgan fingerprint density at radius 1 is 1.36 bits per heavy atom. The van der Waals surface area contributed by atoms with Crippen molar-refractivity contribution >= 4 is 24.4 Å². The lowest BCUT2D eigenvalue weighted by Crippen LogP contribution is -1.87. The highest BCUT2D eigenvalue weighted by Crippen LogP contribution is 2.31. The molecule has 0 saturated carbocycles. The average molecular weight is 184 g/mol. The minimum atomic E-state index is 0.316. The fourth-order valence-corrected chi connectivity index (χ4v) is 1.80. The Hall–Kier alpha value is -0.0800. The van der Waals surface area contributed by atoms with Gasteiger partial charge in [0.05, 0.1) is 4.58 Å². The van der Waals surface area contributed by atoms with Gasteiger partial charge in [-0.05, 0) is 24.3 Å². The second-order valence-corrected chi connectivity index (χ2v) is 4.25. The van der Waals surface area contributed by atoms with Gasteiger partial charge in [0.25, 0.3) is 0 Å². The molecular formula is C9H12S2. The van der Waals surface area contributed by atoms with Crippen molar-refractivity contribution in [3.8, 4) is 0 Å². The van der Waals surface area contributed by atoms with Gasteiger partial charge in [0.15, 0.2) is 0 Å². The zero-order chi connectivity index (χ0) is 8.27. The molecule has 0 N–H and O–H groups in total. The Morgan fingerprint density at radius 3 is 2.55 bits per heavy atom. The molecule has 0 aromatic heterocycles. The van der Waals surface area contributed by atoms with E-state index in [-0.39, 0.29) is 0 Å². The first-order chi connectivity index (χ1) is 5.25. The average Bonchev–Trinajstić information content (AvgIpc) is 2.04. The van der Waals surface area contributed by atoms with Gasteiger partial charge in [-0.2, -0.15) is 12.6 Å². The summed E-state index contributed by atoms with van der Waals surface area (Å²) < 4.78 is 0.316. The lowest BCUT2D eigenvalue weighted by Gasteiger charge is -2.09. The number of rotatable bonds is 2. The zero-order valence-corrected chi connectivity index (χ0v) is 8.45. The molecule has 0 bridgehead atoms. The van der Waals surface area contributed by atoms with E-state index in [1.165, 1.54) is 11.1 Å². The van der Waals surface area contributed by atoms with Crippen molar-refractivity contribution < 1.29 is 0 Å². The lowest BCUT2D eigenvalue weighted by atomic mass is 10.1. The SMILES string of the molecule is CSC(S)c1ccccc1C. The molecule has 0 aliphatic carbocycles. The van der Waals surface area contributed by atoms with E-state index in [0.717, 1.165) is 0 Å². The topological polar surface area (TPSA) is 0 Å². The number of hydrogen-bond donors (Lipinski definition) is 1. The van der Waals surface area contributed by atoms with Gasteiger partial charge in [-0.25, -0.2) is 0 Å². The molecule has 11 heavy (non-hydrogen) atoms. The van der Waals surface area contributed by atoms with Crippen LogP contribution in [0.25, 0.3) is 0 Å². The van der Waals surface area contributed by atoms with E-state index in [4.69, 9.17) is 0 Å². The summed E-state index contributed by atoms with van der Waals surface area (Å²) in [5.74, 6) is 0. The summed E-state index contributed by atoms with van der Waals surface area (Å²) >= 11 is 6.21. The minimum absolute atomic E-state index is 0.316. The van der Waals surface area contributed by atoms with Crippen molar-refractivity contribution in [3.63, 3.8) is 0 Å². The van der Waals surface area contributed by atoms with Crippen LogP contribution in [0.3, 0.4) is 0 Å². The second-order valence-electron chi connectivity index (χ2n) is 2.44. The summed E-state index contributed by atoms with van der Waals surface area (Å²) in [7, 11) is 0. The van der Waals surface area contributed by atoms with Gasteiger partial charge in [-0.1, -0.05) is 24.3 Å².